The van der Waals surface area contributed by atoms with Crippen LogP contribution in [0, 0.1) is 6.92 Å². The Morgan fingerprint density at radius 3 is 2.81 bits per heavy atom. The molecule has 0 saturated carbocycles. The smallest absolute Gasteiger partial charge is 0.237 e. The summed E-state index contributed by atoms with van der Waals surface area (Å²) in [5.41, 5.74) is 7.36. The van der Waals surface area contributed by atoms with Crippen molar-refractivity contribution in [2.75, 3.05) is 17.6 Å². The van der Waals surface area contributed by atoms with Crippen molar-refractivity contribution in [2.45, 2.75) is 19.1 Å². The van der Waals surface area contributed by atoms with Crippen LogP contribution in [0.5, 0.6) is 0 Å². The van der Waals surface area contributed by atoms with Crippen LogP contribution < -0.4 is 11.1 Å². The topological polar surface area (TPSA) is 55.1 Å². The summed E-state index contributed by atoms with van der Waals surface area (Å²) >= 11 is 1.57. The molecule has 3 N–H and O–H groups in total. The fourth-order valence-electron chi connectivity index (χ4n) is 1.27. The largest absolute Gasteiger partial charge is 0.330 e. The van der Waals surface area contributed by atoms with Crippen LogP contribution in [-0.2, 0) is 4.79 Å². The summed E-state index contributed by atoms with van der Waals surface area (Å²) in [5.74, 6) is 0.843. The summed E-state index contributed by atoms with van der Waals surface area (Å²) < 4.78 is 0. The Labute approximate surface area is 101 Å². The van der Waals surface area contributed by atoms with Gasteiger partial charge in [0.15, 0.2) is 0 Å². The van der Waals surface area contributed by atoms with Gasteiger partial charge in [-0.2, -0.15) is 0 Å². The number of hydrogen-bond donors (Lipinski definition) is 2. The fourth-order valence-corrected chi connectivity index (χ4v) is 1.97. The third kappa shape index (κ3) is 3.87. The number of para-hydroxylation sites is 1. The standard InChI is InChI=1S/C12H18N2OS/c1-9-5-3-4-6-11(9)14-12(15)10(2)16-8-7-13/h3-6,10H,7-8,13H2,1-2H3,(H,14,15). The van der Waals surface area contributed by atoms with E-state index in [1.807, 2.05) is 38.1 Å². The molecule has 1 aromatic rings. The maximum Gasteiger partial charge on any atom is 0.237 e. The lowest BCUT2D eigenvalue weighted by Crippen LogP contribution is -2.24. The molecule has 1 aromatic carbocycles. The van der Waals surface area contributed by atoms with Crippen LogP contribution >= 0.6 is 11.8 Å². The quantitative estimate of drug-likeness (QED) is 0.825. The van der Waals surface area contributed by atoms with Crippen molar-refractivity contribution in [3.63, 3.8) is 0 Å². The van der Waals surface area contributed by atoms with Crippen LogP contribution in [0.4, 0.5) is 5.69 Å². The summed E-state index contributed by atoms with van der Waals surface area (Å²) in [6.07, 6.45) is 0. The molecule has 88 valence electrons. The maximum absolute atomic E-state index is 11.8. The second kappa shape index (κ2) is 6.55. The molecule has 1 amide bonds. The Hall–Kier alpha value is -1.000. The minimum Gasteiger partial charge on any atom is -0.330 e. The van der Waals surface area contributed by atoms with Crippen molar-refractivity contribution in [1.82, 2.24) is 0 Å². The molecule has 1 rings (SSSR count). The van der Waals surface area contributed by atoms with Gasteiger partial charge in [-0.25, -0.2) is 0 Å². The molecule has 0 fully saturated rings. The van der Waals surface area contributed by atoms with Gasteiger partial charge in [-0.3, -0.25) is 4.79 Å². The number of carbonyl (C=O) groups is 1. The zero-order valence-corrected chi connectivity index (χ0v) is 10.5. The summed E-state index contributed by atoms with van der Waals surface area (Å²) in [4.78, 5) is 11.8. The third-order valence-corrected chi connectivity index (χ3v) is 3.44. The van der Waals surface area contributed by atoms with E-state index < -0.39 is 0 Å². The number of benzene rings is 1. The SMILES string of the molecule is Cc1ccccc1NC(=O)C(C)SCCN. The molecular formula is C12H18N2OS. The molecule has 1 atom stereocenters. The third-order valence-electron chi connectivity index (χ3n) is 2.26. The highest BCUT2D eigenvalue weighted by Gasteiger charge is 2.13. The van der Waals surface area contributed by atoms with Crippen LogP contribution in [0.3, 0.4) is 0 Å². The van der Waals surface area contributed by atoms with Gasteiger partial charge in [0.1, 0.15) is 0 Å². The lowest BCUT2D eigenvalue weighted by Gasteiger charge is -2.12. The summed E-state index contributed by atoms with van der Waals surface area (Å²) in [5, 5.41) is 2.85. The Kier molecular flexibility index (Phi) is 5.35. The predicted molar refractivity (Wildman–Crippen MR) is 70.8 cm³/mol. The second-order valence-corrected chi connectivity index (χ2v) is 5.05. The predicted octanol–water partition coefficient (Wildman–Crippen LogP) is 2.01. The van der Waals surface area contributed by atoms with Crippen molar-refractivity contribution >= 4 is 23.4 Å². The van der Waals surface area contributed by atoms with E-state index in [4.69, 9.17) is 5.73 Å². The van der Waals surface area contributed by atoms with Gasteiger partial charge in [-0.05, 0) is 25.5 Å². The van der Waals surface area contributed by atoms with Gasteiger partial charge in [-0.15, -0.1) is 11.8 Å². The first-order valence-electron chi connectivity index (χ1n) is 5.33. The Balaban J connectivity index is 2.54. The number of anilines is 1. The van der Waals surface area contributed by atoms with Crippen molar-refractivity contribution in [2.24, 2.45) is 5.73 Å². The van der Waals surface area contributed by atoms with E-state index in [9.17, 15) is 4.79 Å². The highest BCUT2D eigenvalue weighted by molar-refractivity contribution is 8.00. The van der Waals surface area contributed by atoms with E-state index >= 15 is 0 Å². The molecule has 0 aliphatic rings. The summed E-state index contributed by atoms with van der Waals surface area (Å²) in [6.45, 7) is 4.48. The van der Waals surface area contributed by atoms with E-state index in [0.29, 0.717) is 6.54 Å². The number of carbonyl (C=O) groups excluding carboxylic acids is 1. The normalized spacial score (nSPS) is 12.2. The molecule has 0 heterocycles. The Bertz CT molecular complexity index is 355. The van der Waals surface area contributed by atoms with Crippen molar-refractivity contribution in [1.29, 1.82) is 0 Å². The fraction of sp³-hybridized carbons (Fsp3) is 0.417. The lowest BCUT2D eigenvalue weighted by atomic mass is 10.2. The number of aryl methyl sites for hydroxylation is 1. The lowest BCUT2D eigenvalue weighted by molar-refractivity contribution is -0.115. The molecule has 4 heteroatoms. The maximum atomic E-state index is 11.8. The molecule has 3 nitrogen and oxygen atoms in total. The molecule has 0 aliphatic heterocycles. The molecule has 16 heavy (non-hydrogen) atoms. The van der Waals surface area contributed by atoms with Gasteiger partial charge in [0.2, 0.25) is 5.91 Å². The van der Waals surface area contributed by atoms with Crippen molar-refractivity contribution in [3.8, 4) is 0 Å². The van der Waals surface area contributed by atoms with Crippen LogP contribution in [0.1, 0.15) is 12.5 Å². The van der Waals surface area contributed by atoms with E-state index in [-0.39, 0.29) is 11.2 Å². The van der Waals surface area contributed by atoms with E-state index in [0.717, 1.165) is 17.0 Å². The molecule has 0 aliphatic carbocycles. The summed E-state index contributed by atoms with van der Waals surface area (Å²) in [7, 11) is 0. The van der Waals surface area contributed by atoms with Crippen LogP contribution in [0.2, 0.25) is 0 Å². The van der Waals surface area contributed by atoms with E-state index in [2.05, 4.69) is 5.32 Å². The van der Waals surface area contributed by atoms with Crippen molar-refractivity contribution in [3.05, 3.63) is 29.8 Å². The highest BCUT2D eigenvalue weighted by Crippen LogP contribution is 2.16. The Morgan fingerprint density at radius 1 is 1.50 bits per heavy atom. The molecule has 0 bridgehead atoms. The number of hydrogen-bond acceptors (Lipinski definition) is 3. The molecule has 0 aromatic heterocycles. The van der Waals surface area contributed by atoms with Gasteiger partial charge in [0, 0.05) is 18.0 Å². The number of nitrogens with two attached hydrogens (primary N) is 1. The summed E-state index contributed by atoms with van der Waals surface area (Å²) in [6, 6.07) is 7.76. The van der Waals surface area contributed by atoms with E-state index in [1.54, 1.807) is 11.8 Å². The van der Waals surface area contributed by atoms with Gasteiger partial charge in [0.05, 0.1) is 5.25 Å². The molecule has 1 unspecified atom stereocenters. The number of thioether (sulfide) groups is 1. The zero-order chi connectivity index (χ0) is 12.0. The van der Waals surface area contributed by atoms with E-state index in [1.165, 1.54) is 0 Å². The van der Waals surface area contributed by atoms with Crippen LogP contribution in [-0.4, -0.2) is 23.5 Å². The van der Waals surface area contributed by atoms with Crippen LogP contribution in [0.25, 0.3) is 0 Å². The molecule has 0 saturated heterocycles. The minimum absolute atomic E-state index is 0.0350. The zero-order valence-electron chi connectivity index (χ0n) is 9.69. The molecular weight excluding hydrogens is 220 g/mol. The van der Waals surface area contributed by atoms with Gasteiger partial charge < -0.3 is 11.1 Å². The van der Waals surface area contributed by atoms with Crippen LogP contribution in [0.15, 0.2) is 24.3 Å². The monoisotopic (exact) mass is 238 g/mol. The highest BCUT2D eigenvalue weighted by atomic mass is 32.2. The van der Waals surface area contributed by atoms with Gasteiger partial charge >= 0.3 is 0 Å². The average Bonchev–Trinajstić information content (AvgIpc) is 2.28. The number of rotatable bonds is 5. The van der Waals surface area contributed by atoms with Gasteiger partial charge in [0.25, 0.3) is 0 Å². The first-order valence-corrected chi connectivity index (χ1v) is 6.38. The molecule has 0 spiro atoms. The number of amides is 1. The Morgan fingerprint density at radius 2 is 2.19 bits per heavy atom. The second-order valence-electron chi connectivity index (χ2n) is 3.61. The number of nitrogens with one attached hydrogen (secondary N) is 1. The van der Waals surface area contributed by atoms with Crippen molar-refractivity contribution < 1.29 is 4.79 Å². The molecule has 0 radical (unpaired) electrons. The first kappa shape index (κ1) is 13.1. The first-order chi connectivity index (χ1) is 7.65. The van der Waals surface area contributed by atoms with Gasteiger partial charge in [-0.1, -0.05) is 18.2 Å². The minimum atomic E-state index is -0.0665. The average molecular weight is 238 g/mol.